The summed E-state index contributed by atoms with van der Waals surface area (Å²) in [5.41, 5.74) is 6.06. The zero-order valence-electron chi connectivity index (χ0n) is 18.1. The molecule has 0 unspecified atom stereocenters. The average Bonchev–Trinajstić information content (AvgIpc) is 3.56. The molecular weight excluding hydrogens is 470 g/mol. The van der Waals surface area contributed by atoms with E-state index in [2.05, 4.69) is 58.4 Å². The van der Waals surface area contributed by atoms with Gasteiger partial charge in [-0.2, -0.15) is 4.31 Å². The van der Waals surface area contributed by atoms with Crippen molar-refractivity contribution < 1.29 is 8.42 Å². The molecule has 0 radical (unpaired) electrons. The van der Waals surface area contributed by atoms with Gasteiger partial charge in [0.15, 0.2) is 0 Å². The number of piperazine rings is 1. The van der Waals surface area contributed by atoms with Gasteiger partial charge in [-0.1, -0.05) is 48.5 Å². The summed E-state index contributed by atoms with van der Waals surface area (Å²) in [5.74, 6) is 0. The van der Waals surface area contributed by atoms with Crippen LogP contribution in [0.5, 0.6) is 0 Å². The van der Waals surface area contributed by atoms with Crippen LogP contribution >= 0.6 is 22.7 Å². The highest BCUT2D eigenvalue weighted by molar-refractivity contribution is 7.91. The summed E-state index contributed by atoms with van der Waals surface area (Å²) >= 11 is 2.89. The summed E-state index contributed by atoms with van der Waals surface area (Å²) in [5, 5.41) is 2.96. The normalized spacial score (nSPS) is 17.2. The molecule has 1 aliphatic carbocycles. The minimum Gasteiger partial charge on any atom is -0.290 e. The number of fused-ring (bicyclic) bond motifs is 3. The zero-order chi connectivity index (χ0) is 22.6. The van der Waals surface area contributed by atoms with Crippen molar-refractivity contribution in [3.05, 3.63) is 82.2 Å². The molecule has 0 saturated carbocycles. The van der Waals surface area contributed by atoms with Gasteiger partial charge in [0.2, 0.25) is 0 Å². The maximum absolute atomic E-state index is 13.4. The fourth-order valence-electron chi connectivity index (χ4n) is 4.92. The van der Waals surface area contributed by atoms with Crippen molar-refractivity contribution in [1.82, 2.24) is 14.2 Å². The van der Waals surface area contributed by atoms with Gasteiger partial charge in [-0.05, 0) is 41.3 Å². The molecule has 2 aliphatic rings. The number of aryl methyl sites for hydroxylation is 1. The summed E-state index contributed by atoms with van der Waals surface area (Å²) in [7, 11) is -3.51. The lowest BCUT2D eigenvalue weighted by Gasteiger charge is -2.38. The van der Waals surface area contributed by atoms with Crippen LogP contribution in [0, 0.1) is 6.92 Å². The van der Waals surface area contributed by atoms with Gasteiger partial charge in [-0.25, -0.2) is 13.4 Å². The van der Waals surface area contributed by atoms with Gasteiger partial charge in [0.05, 0.1) is 21.6 Å². The summed E-state index contributed by atoms with van der Waals surface area (Å²) in [6.07, 6.45) is 0. The molecule has 0 amide bonds. The molecule has 1 saturated heterocycles. The highest BCUT2D eigenvalue weighted by atomic mass is 32.2. The van der Waals surface area contributed by atoms with E-state index in [-0.39, 0.29) is 6.04 Å². The second kappa shape index (κ2) is 8.14. The van der Waals surface area contributed by atoms with Crippen LogP contribution in [0.3, 0.4) is 0 Å². The molecule has 0 bridgehead atoms. The SMILES string of the molecule is Cc1nc(-c2ccc(S(=O)(=O)N3CCN(C4c5ccccc5-c5ccccc54)CC3)s2)cs1. The third-order valence-corrected chi connectivity index (χ3v) is 10.7. The van der Waals surface area contributed by atoms with E-state index in [1.807, 2.05) is 18.4 Å². The quantitative estimate of drug-likeness (QED) is 0.389. The number of hydrogen-bond acceptors (Lipinski definition) is 6. The Bertz CT molecular complexity index is 1390. The highest BCUT2D eigenvalue weighted by Crippen LogP contribution is 2.46. The molecule has 0 atom stereocenters. The number of benzene rings is 2. The first-order valence-electron chi connectivity index (χ1n) is 11.0. The van der Waals surface area contributed by atoms with Crippen LogP contribution in [0.2, 0.25) is 0 Å². The molecule has 0 N–H and O–H groups in total. The number of hydrogen-bond donors (Lipinski definition) is 0. The molecule has 3 heterocycles. The summed E-state index contributed by atoms with van der Waals surface area (Å²) < 4.78 is 28.8. The van der Waals surface area contributed by atoms with Crippen molar-refractivity contribution in [3.63, 3.8) is 0 Å². The molecule has 2 aromatic carbocycles. The highest BCUT2D eigenvalue weighted by Gasteiger charge is 2.37. The van der Waals surface area contributed by atoms with Crippen LogP contribution in [-0.4, -0.2) is 48.8 Å². The van der Waals surface area contributed by atoms with Gasteiger partial charge in [0.25, 0.3) is 10.0 Å². The number of rotatable bonds is 4. The number of thiophene rings is 1. The van der Waals surface area contributed by atoms with Crippen molar-refractivity contribution >= 4 is 32.7 Å². The molecule has 2 aromatic heterocycles. The van der Waals surface area contributed by atoms with Crippen LogP contribution in [-0.2, 0) is 10.0 Å². The molecule has 1 fully saturated rings. The molecular formula is C25H23N3O2S3. The molecule has 6 rings (SSSR count). The topological polar surface area (TPSA) is 53.5 Å². The second-order valence-corrected chi connectivity index (χ2v) is 12.7. The van der Waals surface area contributed by atoms with E-state index in [0.717, 1.165) is 15.6 Å². The maximum atomic E-state index is 13.4. The Morgan fingerprint density at radius 3 is 2.12 bits per heavy atom. The zero-order valence-corrected chi connectivity index (χ0v) is 20.6. The van der Waals surface area contributed by atoms with Gasteiger partial charge >= 0.3 is 0 Å². The minimum atomic E-state index is -3.51. The lowest BCUT2D eigenvalue weighted by atomic mass is 10.0. The average molecular weight is 494 g/mol. The number of sulfonamides is 1. The second-order valence-electron chi connectivity index (χ2n) is 8.39. The van der Waals surface area contributed by atoms with Crippen LogP contribution in [0.15, 0.2) is 70.3 Å². The third kappa shape index (κ3) is 3.57. The van der Waals surface area contributed by atoms with Crippen LogP contribution in [0.25, 0.3) is 21.7 Å². The summed E-state index contributed by atoms with van der Waals surface area (Å²) in [6.45, 7) is 4.35. The van der Waals surface area contributed by atoms with Gasteiger partial charge in [-0.3, -0.25) is 4.90 Å². The predicted octanol–water partition coefficient (Wildman–Crippen LogP) is 5.26. The molecule has 33 heavy (non-hydrogen) atoms. The first kappa shape index (κ1) is 21.2. The van der Waals surface area contributed by atoms with E-state index in [1.165, 1.54) is 33.6 Å². The first-order valence-corrected chi connectivity index (χ1v) is 14.1. The maximum Gasteiger partial charge on any atom is 0.252 e. The van der Waals surface area contributed by atoms with Crippen molar-refractivity contribution in [2.75, 3.05) is 26.2 Å². The Morgan fingerprint density at radius 2 is 1.52 bits per heavy atom. The van der Waals surface area contributed by atoms with Gasteiger partial charge < -0.3 is 0 Å². The minimum absolute atomic E-state index is 0.184. The standard InChI is InChI=1S/C25H23N3O2S3/c1-17-26-22(16-31-17)23-10-11-24(32-23)33(29,30)28-14-12-27(13-15-28)25-20-8-4-2-6-18(20)19-7-3-5-9-21(19)25/h2-11,16,25H,12-15H2,1H3. The summed E-state index contributed by atoms with van der Waals surface area (Å²) in [4.78, 5) is 7.82. The molecule has 8 heteroatoms. The van der Waals surface area contributed by atoms with Crippen LogP contribution in [0.4, 0.5) is 0 Å². The number of nitrogens with zero attached hydrogens (tertiary/aromatic N) is 3. The van der Waals surface area contributed by atoms with E-state index in [1.54, 1.807) is 21.7 Å². The fraction of sp³-hybridized carbons (Fsp3) is 0.240. The van der Waals surface area contributed by atoms with E-state index >= 15 is 0 Å². The van der Waals surface area contributed by atoms with Gasteiger partial charge in [0.1, 0.15) is 4.21 Å². The van der Waals surface area contributed by atoms with E-state index < -0.39 is 10.0 Å². The Morgan fingerprint density at radius 1 is 0.879 bits per heavy atom. The van der Waals surface area contributed by atoms with Gasteiger partial charge in [-0.15, -0.1) is 22.7 Å². The van der Waals surface area contributed by atoms with Gasteiger partial charge in [0, 0.05) is 31.6 Å². The van der Waals surface area contributed by atoms with Crippen LogP contribution in [0.1, 0.15) is 22.2 Å². The smallest absolute Gasteiger partial charge is 0.252 e. The Hall–Kier alpha value is -2.36. The molecule has 4 aromatic rings. The van der Waals surface area contributed by atoms with Crippen molar-refractivity contribution in [1.29, 1.82) is 0 Å². The molecule has 5 nitrogen and oxygen atoms in total. The molecule has 168 valence electrons. The lowest BCUT2D eigenvalue weighted by molar-refractivity contribution is 0.158. The van der Waals surface area contributed by atoms with Crippen molar-refractivity contribution in [2.45, 2.75) is 17.2 Å². The van der Waals surface area contributed by atoms with E-state index in [0.29, 0.717) is 30.4 Å². The van der Waals surface area contributed by atoms with E-state index in [9.17, 15) is 8.42 Å². The third-order valence-electron chi connectivity index (χ3n) is 6.49. The van der Waals surface area contributed by atoms with Crippen LogP contribution < -0.4 is 0 Å². The number of thiazole rings is 1. The Labute approximate surface area is 202 Å². The Balaban J connectivity index is 1.22. The monoisotopic (exact) mass is 493 g/mol. The van der Waals surface area contributed by atoms with Crippen molar-refractivity contribution in [3.8, 4) is 21.7 Å². The fourth-order valence-corrected chi connectivity index (χ4v) is 8.46. The molecule has 1 aliphatic heterocycles. The largest absolute Gasteiger partial charge is 0.290 e. The summed E-state index contributed by atoms with van der Waals surface area (Å²) in [6, 6.07) is 20.9. The lowest BCUT2D eigenvalue weighted by Crippen LogP contribution is -2.49. The predicted molar refractivity (Wildman–Crippen MR) is 134 cm³/mol. The van der Waals surface area contributed by atoms with E-state index in [4.69, 9.17) is 0 Å². The first-order chi connectivity index (χ1) is 16.0. The van der Waals surface area contributed by atoms with Crippen molar-refractivity contribution in [2.24, 2.45) is 0 Å². The Kier molecular flexibility index (Phi) is 5.23. The number of aromatic nitrogens is 1. The molecule has 0 spiro atoms.